The summed E-state index contributed by atoms with van der Waals surface area (Å²) in [5, 5.41) is 2.92. The van der Waals surface area contributed by atoms with E-state index < -0.39 is 10.0 Å². The molecule has 3 rings (SSSR count). The number of amides is 1. The zero-order valence-corrected chi connectivity index (χ0v) is 17.5. The lowest BCUT2D eigenvalue weighted by atomic mass is 10.2. The number of carbonyl (C=O) groups is 1. The van der Waals surface area contributed by atoms with Gasteiger partial charge >= 0.3 is 0 Å². The van der Waals surface area contributed by atoms with Crippen molar-refractivity contribution in [3.05, 3.63) is 59.1 Å². The fourth-order valence-electron chi connectivity index (χ4n) is 3.16. The molecule has 1 saturated heterocycles. The molecular weight excluding hydrogens is 430 g/mol. The Hall–Kier alpha value is -1.74. The van der Waals surface area contributed by atoms with E-state index in [2.05, 4.69) is 21.2 Å². The second-order valence-corrected chi connectivity index (χ2v) is 9.45. The van der Waals surface area contributed by atoms with Crippen LogP contribution < -0.4 is 10.2 Å². The molecule has 1 heterocycles. The lowest BCUT2D eigenvalue weighted by Crippen LogP contribution is -3.19. The standard InChI is InChI=1S/C19H22BrN3O3S/c1-15(19(24)21-17-9-7-16(20)8-10-17)22-11-13-23(14-12-22)27(25,26)18-5-3-2-4-6-18/h2-10,15H,11-14H2,1H3,(H,21,24)/p+1/t15-/m0/s1. The topological polar surface area (TPSA) is 70.9 Å². The maximum atomic E-state index is 12.7. The van der Waals surface area contributed by atoms with Crippen molar-refractivity contribution in [2.45, 2.75) is 17.9 Å². The van der Waals surface area contributed by atoms with Crippen LogP contribution in [0.3, 0.4) is 0 Å². The number of piperazine rings is 1. The lowest BCUT2D eigenvalue weighted by molar-refractivity contribution is -0.917. The number of anilines is 1. The van der Waals surface area contributed by atoms with Crippen LogP contribution in [0.4, 0.5) is 5.69 Å². The molecule has 144 valence electrons. The number of hydrogen-bond acceptors (Lipinski definition) is 3. The van der Waals surface area contributed by atoms with Gasteiger partial charge in [0, 0.05) is 10.2 Å². The van der Waals surface area contributed by atoms with E-state index in [9.17, 15) is 13.2 Å². The van der Waals surface area contributed by atoms with Crippen LogP contribution in [0.2, 0.25) is 0 Å². The summed E-state index contributed by atoms with van der Waals surface area (Å²) < 4.78 is 27.9. The van der Waals surface area contributed by atoms with Gasteiger partial charge in [0.1, 0.15) is 0 Å². The van der Waals surface area contributed by atoms with E-state index in [-0.39, 0.29) is 11.9 Å². The maximum absolute atomic E-state index is 12.7. The fourth-order valence-corrected chi connectivity index (χ4v) is 4.88. The number of rotatable bonds is 5. The van der Waals surface area contributed by atoms with Crippen LogP contribution in [-0.2, 0) is 14.8 Å². The quantitative estimate of drug-likeness (QED) is 0.719. The third-order valence-corrected chi connectivity index (χ3v) is 7.30. The molecule has 0 saturated carbocycles. The van der Waals surface area contributed by atoms with Gasteiger partial charge in [-0.1, -0.05) is 34.1 Å². The summed E-state index contributed by atoms with van der Waals surface area (Å²) in [5.41, 5.74) is 0.750. The van der Waals surface area contributed by atoms with Gasteiger partial charge in [-0.15, -0.1) is 0 Å². The summed E-state index contributed by atoms with van der Waals surface area (Å²) >= 11 is 3.37. The van der Waals surface area contributed by atoms with Crippen LogP contribution in [0.15, 0.2) is 64.0 Å². The second-order valence-electron chi connectivity index (χ2n) is 6.59. The normalized spacial score (nSPS) is 17.4. The molecule has 1 aliphatic heterocycles. The van der Waals surface area contributed by atoms with Crippen LogP contribution in [0, 0.1) is 0 Å². The molecule has 0 unspecified atom stereocenters. The zero-order valence-electron chi connectivity index (χ0n) is 15.1. The first-order valence-corrected chi connectivity index (χ1v) is 11.1. The van der Waals surface area contributed by atoms with Crippen LogP contribution in [0.1, 0.15) is 6.92 Å². The molecule has 1 amide bonds. The third kappa shape index (κ3) is 4.76. The third-order valence-electron chi connectivity index (χ3n) is 4.86. The number of quaternary nitrogens is 1. The Labute approximate surface area is 168 Å². The van der Waals surface area contributed by atoms with E-state index in [0.717, 1.165) is 15.1 Å². The average molecular weight is 453 g/mol. The van der Waals surface area contributed by atoms with E-state index in [1.165, 1.54) is 4.31 Å². The van der Waals surface area contributed by atoms with Crippen molar-refractivity contribution in [2.75, 3.05) is 31.5 Å². The summed E-state index contributed by atoms with van der Waals surface area (Å²) in [5.74, 6) is -0.0633. The van der Waals surface area contributed by atoms with Gasteiger partial charge in [-0.05, 0) is 43.3 Å². The van der Waals surface area contributed by atoms with Gasteiger partial charge in [0.05, 0.1) is 31.1 Å². The first-order chi connectivity index (χ1) is 12.9. The van der Waals surface area contributed by atoms with Crippen LogP contribution >= 0.6 is 15.9 Å². The Bertz CT molecular complexity index is 880. The van der Waals surface area contributed by atoms with Crippen LogP contribution in [0.5, 0.6) is 0 Å². The van der Waals surface area contributed by atoms with E-state index in [0.29, 0.717) is 31.1 Å². The Morgan fingerprint density at radius 2 is 1.67 bits per heavy atom. The van der Waals surface area contributed by atoms with Crippen LogP contribution in [0.25, 0.3) is 0 Å². The second kappa shape index (κ2) is 8.52. The van der Waals surface area contributed by atoms with Crippen molar-refractivity contribution < 1.29 is 18.1 Å². The van der Waals surface area contributed by atoms with E-state index in [4.69, 9.17) is 0 Å². The molecule has 2 aromatic carbocycles. The lowest BCUT2D eigenvalue weighted by Gasteiger charge is -2.34. The number of halogens is 1. The predicted molar refractivity (Wildman–Crippen MR) is 108 cm³/mol. The van der Waals surface area contributed by atoms with Crippen molar-refractivity contribution in [3.63, 3.8) is 0 Å². The Morgan fingerprint density at radius 3 is 2.26 bits per heavy atom. The zero-order chi connectivity index (χ0) is 19.4. The first kappa shape index (κ1) is 20.0. The number of carbonyl (C=O) groups excluding carboxylic acids is 1. The molecule has 0 radical (unpaired) electrons. The van der Waals surface area contributed by atoms with Gasteiger partial charge < -0.3 is 10.2 Å². The smallest absolute Gasteiger partial charge is 0.282 e. The van der Waals surface area contributed by atoms with Crippen molar-refractivity contribution in [1.29, 1.82) is 0 Å². The summed E-state index contributed by atoms with van der Waals surface area (Å²) in [7, 11) is -3.47. The Morgan fingerprint density at radius 1 is 1.07 bits per heavy atom. The minimum atomic E-state index is -3.47. The molecular formula is C19H23BrN3O3S+. The molecule has 27 heavy (non-hydrogen) atoms. The average Bonchev–Trinajstić information content (AvgIpc) is 2.70. The van der Waals surface area contributed by atoms with Gasteiger partial charge in [-0.2, -0.15) is 4.31 Å². The van der Waals surface area contributed by atoms with E-state index >= 15 is 0 Å². The molecule has 0 aromatic heterocycles. The Balaban J connectivity index is 1.58. The van der Waals surface area contributed by atoms with Crippen molar-refractivity contribution >= 4 is 37.5 Å². The number of sulfonamides is 1. The van der Waals surface area contributed by atoms with Crippen molar-refractivity contribution in [2.24, 2.45) is 0 Å². The number of nitrogens with zero attached hydrogens (tertiary/aromatic N) is 1. The predicted octanol–water partition coefficient (Wildman–Crippen LogP) is 1.37. The summed E-state index contributed by atoms with van der Waals surface area (Å²) in [4.78, 5) is 13.9. The van der Waals surface area contributed by atoms with Gasteiger partial charge in [0.2, 0.25) is 10.0 Å². The minimum Gasteiger partial charge on any atom is -0.323 e. The largest absolute Gasteiger partial charge is 0.323 e. The van der Waals surface area contributed by atoms with E-state index in [1.54, 1.807) is 30.3 Å². The summed E-state index contributed by atoms with van der Waals surface area (Å²) in [6, 6.07) is 15.7. The fraction of sp³-hybridized carbons (Fsp3) is 0.316. The van der Waals surface area contributed by atoms with Gasteiger partial charge in [-0.3, -0.25) is 4.79 Å². The molecule has 1 atom stereocenters. The summed E-state index contributed by atoms with van der Waals surface area (Å²) in [6.45, 7) is 3.89. The Kier molecular flexibility index (Phi) is 6.31. The molecule has 2 aromatic rings. The van der Waals surface area contributed by atoms with Crippen molar-refractivity contribution in [3.8, 4) is 0 Å². The van der Waals surface area contributed by atoms with Crippen LogP contribution in [-0.4, -0.2) is 50.9 Å². The monoisotopic (exact) mass is 452 g/mol. The highest BCUT2D eigenvalue weighted by atomic mass is 79.9. The number of hydrogen-bond donors (Lipinski definition) is 2. The highest BCUT2D eigenvalue weighted by molar-refractivity contribution is 9.10. The number of nitrogens with one attached hydrogen (secondary N) is 2. The van der Waals surface area contributed by atoms with Gasteiger partial charge in [-0.25, -0.2) is 8.42 Å². The minimum absolute atomic E-state index is 0.0633. The molecule has 1 aliphatic rings. The maximum Gasteiger partial charge on any atom is 0.282 e. The molecule has 1 fully saturated rings. The highest BCUT2D eigenvalue weighted by Crippen LogP contribution is 2.15. The van der Waals surface area contributed by atoms with Crippen molar-refractivity contribution in [1.82, 2.24) is 4.31 Å². The highest BCUT2D eigenvalue weighted by Gasteiger charge is 2.34. The van der Waals surface area contributed by atoms with Gasteiger partial charge in [0.15, 0.2) is 6.04 Å². The molecule has 2 N–H and O–H groups in total. The number of benzene rings is 2. The van der Waals surface area contributed by atoms with Gasteiger partial charge in [0.25, 0.3) is 5.91 Å². The molecule has 6 nitrogen and oxygen atoms in total. The molecule has 8 heteroatoms. The molecule has 0 aliphatic carbocycles. The molecule has 0 bridgehead atoms. The first-order valence-electron chi connectivity index (χ1n) is 8.84. The summed E-state index contributed by atoms with van der Waals surface area (Å²) in [6.07, 6.45) is 0. The molecule has 0 spiro atoms. The SMILES string of the molecule is C[C@@H](C(=O)Nc1ccc(Br)cc1)[NH+]1CCN(S(=O)(=O)c2ccccc2)CC1. The van der Waals surface area contributed by atoms with E-state index in [1.807, 2.05) is 31.2 Å².